The zero-order valence-electron chi connectivity index (χ0n) is 16.4. The molecule has 0 aliphatic heterocycles. The van der Waals surface area contributed by atoms with Crippen molar-refractivity contribution in [3.8, 4) is 17.2 Å². The van der Waals surface area contributed by atoms with Gasteiger partial charge in [0.1, 0.15) is 5.75 Å². The number of carbonyl (C=O) groups is 3. The molecular formula is C20H21ClN2O7. The van der Waals surface area contributed by atoms with Crippen LogP contribution in [-0.2, 0) is 20.9 Å². The Labute approximate surface area is 178 Å². The third kappa shape index (κ3) is 6.56. The predicted octanol–water partition coefficient (Wildman–Crippen LogP) is 1.69. The summed E-state index contributed by atoms with van der Waals surface area (Å²) in [6.07, 6.45) is 0. The van der Waals surface area contributed by atoms with E-state index in [2.05, 4.69) is 5.32 Å². The molecule has 160 valence electrons. The van der Waals surface area contributed by atoms with Crippen molar-refractivity contribution in [2.45, 2.75) is 6.54 Å². The highest BCUT2D eigenvalue weighted by molar-refractivity contribution is 6.32. The third-order valence-corrected chi connectivity index (χ3v) is 4.09. The number of rotatable bonds is 10. The molecule has 0 aliphatic carbocycles. The van der Waals surface area contributed by atoms with Crippen LogP contribution in [0, 0.1) is 0 Å². The normalized spacial score (nSPS) is 10.1. The SMILES string of the molecule is COc1ccc(CNC(=O)COC(=O)c2cc(Cl)c(OCC(N)=O)c(OC)c2)cc1. The van der Waals surface area contributed by atoms with Gasteiger partial charge in [-0.2, -0.15) is 0 Å². The predicted molar refractivity (Wildman–Crippen MR) is 108 cm³/mol. The molecule has 2 aromatic carbocycles. The van der Waals surface area contributed by atoms with Gasteiger partial charge in [0.05, 0.1) is 24.8 Å². The molecule has 10 heteroatoms. The van der Waals surface area contributed by atoms with Crippen molar-refractivity contribution in [1.82, 2.24) is 5.32 Å². The van der Waals surface area contributed by atoms with Crippen molar-refractivity contribution < 1.29 is 33.3 Å². The number of benzene rings is 2. The Morgan fingerprint density at radius 1 is 1.03 bits per heavy atom. The van der Waals surface area contributed by atoms with Gasteiger partial charge < -0.3 is 30.0 Å². The number of hydrogen-bond donors (Lipinski definition) is 2. The molecule has 2 aromatic rings. The lowest BCUT2D eigenvalue weighted by atomic mass is 10.2. The maximum Gasteiger partial charge on any atom is 0.338 e. The monoisotopic (exact) mass is 436 g/mol. The highest BCUT2D eigenvalue weighted by Gasteiger charge is 2.18. The summed E-state index contributed by atoms with van der Waals surface area (Å²) in [5, 5.41) is 2.66. The molecule has 2 amide bonds. The highest BCUT2D eigenvalue weighted by atomic mass is 35.5. The van der Waals surface area contributed by atoms with Crippen molar-refractivity contribution in [3.63, 3.8) is 0 Å². The molecule has 0 radical (unpaired) electrons. The van der Waals surface area contributed by atoms with E-state index >= 15 is 0 Å². The number of esters is 1. The van der Waals surface area contributed by atoms with Crippen LogP contribution in [0.5, 0.6) is 17.2 Å². The summed E-state index contributed by atoms with van der Waals surface area (Å²) in [5.74, 6) is -1.07. The second-order valence-corrected chi connectivity index (χ2v) is 6.35. The molecule has 3 N–H and O–H groups in total. The maximum atomic E-state index is 12.2. The van der Waals surface area contributed by atoms with Gasteiger partial charge in [-0.3, -0.25) is 9.59 Å². The van der Waals surface area contributed by atoms with Crippen molar-refractivity contribution >= 4 is 29.4 Å². The number of primary amides is 1. The Morgan fingerprint density at radius 2 is 1.73 bits per heavy atom. The Balaban J connectivity index is 1.92. The van der Waals surface area contributed by atoms with E-state index in [9.17, 15) is 14.4 Å². The van der Waals surface area contributed by atoms with Crippen LogP contribution in [-0.4, -0.2) is 45.2 Å². The standard InChI is InChI=1S/C20H21ClN2O7/c1-27-14-5-3-12(4-6-14)9-23-18(25)11-30-20(26)13-7-15(21)19(16(8-13)28-2)29-10-17(22)24/h3-8H,9-11H2,1-2H3,(H2,22,24)(H,23,25). The molecule has 30 heavy (non-hydrogen) atoms. The number of nitrogens with one attached hydrogen (secondary N) is 1. The van der Waals surface area contributed by atoms with Crippen LogP contribution in [0.2, 0.25) is 5.02 Å². The average molecular weight is 437 g/mol. The maximum absolute atomic E-state index is 12.2. The highest BCUT2D eigenvalue weighted by Crippen LogP contribution is 2.36. The minimum Gasteiger partial charge on any atom is -0.497 e. The zero-order chi connectivity index (χ0) is 22.1. The molecule has 0 spiro atoms. The molecule has 0 fully saturated rings. The van der Waals surface area contributed by atoms with Gasteiger partial charge in [-0.1, -0.05) is 23.7 Å². The van der Waals surface area contributed by atoms with Crippen molar-refractivity contribution in [2.24, 2.45) is 5.73 Å². The van der Waals surface area contributed by atoms with Crippen LogP contribution in [0.15, 0.2) is 36.4 Å². The Bertz CT molecular complexity index is 916. The van der Waals surface area contributed by atoms with Crippen molar-refractivity contribution in [1.29, 1.82) is 0 Å². The number of ether oxygens (including phenoxy) is 4. The van der Waals surface area contributed by atoms with Gasteiger partial charge in [0.25, 0.3) is 11.8 Å². The quantitative estimate of drug-likeness (QED) is 0.542. The first-order chi connectivity index (χ1) is 14.3. The van der Waals surface area contributed by atoms with Gasteiger partial charge in [0.15, 0.2) is 24.7 Å². The van der Waals surface area contributed by atoms with Gasteiger partial charge in [-0.25, -0.2) is 4.79 Å². The summed E-state index contributed by atoms with van der Waals surface area (Å²) in [6.45, 7) is -0.616. The summed E-state index contributed by atoms with van der Waals surface area (Å²) in [4.78, 5) is 35.1. The zero-order valence-corrected chi connectivity index (χ0v) is 17.2. The third-order valence-electron chi connectivity index (χ3n) is 3.81. The molecule has 0 atom stereocenters. The number of halogens is 1. The molecular weight excluding hydrogens is 416 g/mol. The van der Waals surface area contributed by atoms with E-state index in [1.807, 2.05) is 0 Å². The molecule has 0 saturated carbocycles. The minimum atomic E-state index is -0.781. The fourth-order valence-corrected chi connectivity index (χ4v) is 2.60. The first kappa shape index (κ1) is 22.8. The van der Waals surface area contributed by atoms with Gasteiger partial charge in [0.2, 0.25) is 0 Å². The van der Waals surface area contributed by atoms with E-state index in [1.54, 1.807) is 31.4 Å². The van der Waals surface area contributed by atoms with E-state index in [-0.39, 0.29) is 28.6 Å². The fourth-order valence-electron chi connectivity index (χ4n) is 2.33. The molecule has 0 bridgehead atoms. The number of methoxy groups -OCH3 is 2. The van der Waals surface area contributed by atoms with Crippen LogP contribution in [0.1, 0.15) is 15.9 Å². The Morgan fingerprint density at radius 3 is 2.33 bits per heavy atom. The van der Waals surface area contributed by atoms with E-state index in [0.717, 1.165) is 5.56 Å². The molecule has 9 nitrogen and oxygen atoms in total. The topological polar surface area (TPSA) is 126 Å². The molecule has 0 saturated heterocycles. The summed E-state index contributed by atoms with van der Waals surface area (Å²) in [6, 6.07) is 9.76. The van der Waals surface area contributed by atoms with Crippen molar-refractivity contribution in [3.05, 3.63) is 52.5 Å². The van der Waals surface area contributed by atoms with Crippen LogP contribution in [0.25, 0.3) is 0 Å². The van der Waals surface area contributed by atoms with Crippen LogP contribution >= 0.6 is 11.6 Å². The second kappa shape index (κ2) is 10.9. The van der Waals surface area contributed by atoms with E-state index in [0.29, 0.717) is 5.75 Å². The average Bonchev–Trinajstić information content (AvgIpc) is 2.74. The molecule has 0 unspecified atom stereocenters. The lowest BCUT2D eigenvalue weighted by Crippen LogP contribution is -2.28. The largest absolute Gasteiger partial charge is 0.497 e. The lowest BCUT2D eigenvalue weighted by molar-refractivity contribution is -0.124. The number of nitrogens with two attached hydrogens (primary N) is 1. The molecule has 0 aromatic heterocycles. The van der Waals surface area contributed by atoms with Gasteiger partial charge in [-0.05, 0) is 29.8 Å². The van der Waals surface area contributed by atoms with E-state index in [1.165, 1.54) is 19.2 Å². The lowest BCUT2D eigenvalue weighted by Gasteiger charge is -2.13. The van der Waals surface area contributed by atoms with Crippen molar-refractivity contribution in [2.75, 3.05) is 27.4 Å². The van der Waals surface area contributed by atoms with Crippen LogP contribution in [0.4, 0.5) is 0 Å². The van der Waals surface area contributed by atoms with E-state index in [4.69, 9.17) is 36.3 Å². The summed E-state index contributed by atoms with van der Waals surface area (Å²) >= 11 is 6.09. The van der Waals surface area contributed by atoms with E-state index < -0.39 is 31.0 Å². The fraction of sp³-hybridized carbons (Fsp3) is 0.250. The summed E-state index contributed by atoms with van der Waals surface area (Å²) in [7, 11) is 2.90. The smallest absolute Gasteiger partial charge is 0.338 e. The minimum absolute atomic E-state index is 0.0199. The number of hydrogen-bond acceptors (Lipinski definition) is 7. The second-order valence-electron chi connectivity index (χ2n) is 5.95. The van der Waals surface area contributed by atoms with Gasteiger partial charge in [0, 0.05) is 6.54 Å². The molecule has 2 rings (SSSR count). The summed E-state index contributed by atoms with van der Waals surface area (Å²) < 4.78 is 20.4. The summed E-state index contributed by atoms with van der Waals surface area (Å²) in [5.41, 5.74) is 5.94. The molecule has 0 heterocycles. The first-order valence-electron chi connectivity index (χ1n) is 8.69. The van der Waals surface area contributed by atoms with Crippen LogP contribution < -0.4 is 25.3 Å². The number of amides is 2. The van der Waals surface area contributed by atoms with Crippen LogP contribution in [0.3, 0.4) is 0 Å². The first-order valence-corrected chi connectivity index (χ1v) is 9.07. The van der Waals surface area contributed by atoms with Gasteiger partial charge >= 0.3 is 5.97 Å². The molecule has 0 aliphatic rings. The van der Waals surface area contributed by atoms with Gasteiger partial charge in [-0.15, -0.1) is 0 Å². The Kier molecular flexibility index (Phi) is 8.30. The number of carbonyl (C=O) groups excluding carboxylic acids is 3. The Hall–Kier alpha value is -3.46.